The second-order valence-corrected chi connectivity index (χ2v) is 6.71. The molecule has 1 fully saturated rings. The molecule has 0 bridgehead atoms. The van der Waals surface area contributed by atoms with E-state index in [4.69, 9.17) is 17.3 Å². The lowest BCUT2D eigenvalue weighted by Gasteiger charge is -2.14. The van der Waals surface area contributed by atoms with E-state index in [0.29, 0.717) is 18.8 Å². The molecule has 0 aliphatic carbocycles. The minimum atomic E-state index is -3.56. The Bertz CT molecular complexity index is 603. The predicted molar refractivity (Wildman–Crippen MR) is 72.9 cm³/mol. The molecule has 0 spiro atoms. The third-order valence-electron chi connectivity index (χ3n) is 2.87. The highest BCUT2D eigenvalue weighted by atomic mass is 35.5. The summed E-state index contributed by atoms with van der Waals surface area (Å²) in [5.41, 5.74) is 5.90. The Kier molecular flexibility index (Phi) is 3.86. The first-order valence-corrected chi connectivity index (χ1v) is 7.74. The van der Waals surface area contributed by atoms with Gasteiger partial charge in [-0.25, -0.2) is 13.2 Å². The molecule has 2 rings (SSSR count). The van der Waals surface area contributed by atoms with E-state index >= 15 is 0 Å². The molecule has 1 heterocycles. The molecule has 104 valence electrons. The summed E-state index contributed by atoms with van der Waals surface area (Å²) in [5, 5.41) is 2.75. The Morgan fingerprint density at radius 3 is 2.79 bits per heavy atom. The Balaban J connectivity index is 2.14. The van der Waals surface area contributed by atoms with Crippen LogP contribution in [0, 0.1) is 0 Å². The second-order valence-electron chi connectivity index (χ2n) is 4.23. The maximum absolute atomic E-state index is 12.2. The fraction of sp³-hybridized carbons (Fsp3) is 0.364. The van der Waals surface area contributed by atoms with E-state index in [0.717, 1.165) is 0 Å². The van der Waals surface area contributed by atoms with Crippen LogP contribution in [0.15, 0.2) is 23.1 Å². The van der Waals surface area contributed by atoms with Gasteiger partial charge in [0.25, 0.3) is 0 Å². The summed E-state index contributed by atoms with van der Waals surface area (Å²) in [4.78, 5) is 12.8. The molecule has 1 aromatic rings. The minimum absolute atomic E-state index is 0.00812. The van der Waals surface area contributed by atoms with Gasteiger partial charge in [0.05, 0.1) is 15.7 Å². The van der Waals surface area contributed by atoms with Gasteiger partial charge in [-0.2, -0.15) is 0 Å². The van der Waals surface area contributed by atoms with Crippen LogP contribution in [0.25, 0.3) is 0 Å². The minimum Gasteiger partial charge on any atom is -0.399 e. The molecule has 1 aliphatic rings. The topological polar surface area (TPSA) is 92.5 Å². The molecule has 0 saturated carbocycles. The van der Waals surface area contributed by atoms with E-state index in [2.05, 4.69) is 5.32 Å². The molecule has 0 atom stereocenters. The highest BCUT2D eigenvalue weighted by molar-refractivity contribution is 7.91. The van der Waals surface area contributed by atoms with Crippen LogP contribution in [0.2, 0.25) is 5.02 Å². The fourth-order valence-electron chi connectivity index (χ4n) is 1.82. The quantitative estimate of drug-likeness (QED) is 0.802. The van der Waals surface area contributed by atoms with Crippen LogP contribution in [-0.4, -0.2) is 44.7 Å². The van der Waals surface area contributed by atoms with Gasteiger partial charge in [0, 0.05) is 25.3 Å². The van der Waals surface area contributed by atoms with E-state index in [1.165, 1.54) is 23.1 Å². The van der Waals surface area contributed by atoms with Crippen molar-refractivity contribution in [2.45, 2.75) is 4.90 Å². The second kappa shape index (κ2) is 5.26. The van der Waals surface area contributed by atoms with E-state index in [1.54, 1.807) is 0 Å². The van der Waals surface area contributed by atoms with Crippen molar-refractivity contribution in [1.29, 1.82) is 0 Å². The number of nitrogens with zero attached hydrogens (tertiary/aromatic N) is 1. The van der Waals surface area contributed by atoms with Gasteiger partial charge in [-0.15, -0.1) is 0 Å². The van der Waals surface area contributed by atoms with Crippen molar-refractivity contribution in [3.8, 4) is 0 Å². The first kappa shape index (κ1) is 14.0. The Morgan fingerprint density at radius 1 is 1.42 bits per heavy atom. The fourth-order valence-corrected chi connectivity index (χ4v) is 3.65. The standard InChI is InChI=1S/C11H14ClN3O3S/c12-9-2-1-8(13)7-10(9)19(17,18)6-5-15-4-3-14-11(15)16/h1-2,7H,3-6,13H2,(H,14,16). The number of nitrogens with one attached hydrogen (secondary N) is 1. The van der Waals surface area contributed by atoms with Crippen molar-refractivity contribution in [2.24, 2.45) is 0 Å². The smallest absolute Gasteiger partial charge is 0.317 e. The number of amides is 2. The van der Waals surface area contributed by atoms with Crippen LogP contribution in [0.1, 0.15) is 0 Å². The summed E-state index contributed by atoms with van der Waals surface area (Å²) >= 11 is 5.88. The molecule has 0 unspecified atom stereocenters. The average molecular weight is 304 g/mol. The molecule has 8 heteroatoms. The first-order valence-electron chi connectivity index (χ1n) is 5.71. The summed E-state index contributed by atoms with van der Waals surface area (Å²) in [6, 6.07) is 4.08. The lowest BCUT2D eigenvalue weighted by atomic mass is 10.3. The molecule has 1 saturated heterocycles. The normalized spacial score (nSPS) is 15.6. The third kappa shape index (κ3) is 3.10. The number of halogens is 1. The molecule has 1 aromatic carbocycles. The van der Waals surface area contributed by atoms with Crippen LogP contribution in [0.3, 0.4) is 0 Å². The number of anilines is 1. The van der Waals surface area contributed by atoms with Crippen LogP contribution < -0.4 is 11.1 Å². The van der Waals surface area contributed by atoms with Crippen molar-refractivity contribution in [3.05, 3.63) is 23.2 Å². The highest BCUT2D eigenvalue weighted by Gasteiger charge is 2.24. The number of rotatable bonds is 4. The molecule has 0 radical (unpaired) electrons. The van der Waals surface area contributed by atoms with Gasteiger partial charge in [0.15, 0.2) is 9.84 Å². The molecule has 0 aromatic heterocycles. The largest absolute Gasteiger partial charge is 0.399 e. The van der Waals surface area contributed by atoms with Gasteiger partial charge >= 0.3 is 6.03 Å². The van der Waals surface area contributed by atoms with Crippen molar-refractivity contribution in [2.75, 3.05) is 31.1 Å². The first-order chi connectivity index (χ1) is 8.90. The van der Waals surface area contributed by atoms with Gasteiger partial charge in [-0.3, -0.25) is 0 Å². The van der Waals surface area contributed by atoms with E-state index < -0.39 is 9.84 Å². The van der Waals surface area contributed by atoms with Crippen LogP contribution >= 0.6 is 11.6 Å². The van der Waals surface area contributed by atoms with Crippen molar-refractivity contribution < 1.29 is 13.2 Å². The van der Waals surface area contributed by atoms with Crippen LogP contribution in [-0.2, 0) is 9.84 Å². The molecule has 19 heavy (non-hydrogen) atoms. The Morgan fingerprint density at radius 2 is 2.16 bits per heavy atom. The highest BCUT2D eigenvalue weighted by Crippen LogP contribution is 2.24. The maximum atomic E-state index is 12.2. The SMILES string of the molecule is Nc1ccc(Cl)c(S(=O)(=O)CCN2CCNC2=O)c1. The number of urea groups is 1. The number of carbonyl (C=O) groups excluding carboxylic acids is 1. The number of carbonyl (C=O) groups is 1. The summed E-state index contributed by atoms with van der Waals surface area (Å²) in [7, 11) is -3.56. The van der Waals surface area contributed by atoms with Gasteiger partial charge in [-0.05, 0) is 18.2 Å². The van der Waals surface area contributed by atoms with E-state index in [1.807, 2.05) is 0 Å². The number of benzene rings is 1. The van der Waals surface area contributed by atoms with Gasteiger partial charge in [0.2, 0.25) is 0 Å². The molecule has 1 aliphatic heterocycles. The summed E-state index contributed by atoms with van der Waals surface area (Å²) < 4.78 is 24.3. The number of sulfone groups is 1. The lowest BCUT2D eigenvalue weighted by molar-refractivity contribution is 0.220. The molecule has 2 amide bonds. The zero-order chi connectivity index (χ0) is 14.0. The zero-order valence-corrected chi connectivity index (χ0v) is 11.7. The lowest BCUT2D eigenvalue weighted by Crippen LogP contribution is -2.32. The van der Waals surface area contributed by atoms with Gasteiger partial charge in [-0.1, -0.05) is 11.6 Å². The van der Waals surface area contributed by atoms with Crippen LogP contribution in [0.4, 0.5) is 10.5 Å². The Hall–Kier alpha value is -1.47. The molecular weight excluding hydrogens is 290 g/mol. The Labute approximate surface area is 116 Å². The number of nitrogen functional groups attached to an aromatic ring is 1. The maximum Gasteiger partial charge on any atom is 0.317 e. The van der Waals surface area contributed by atoms with Crippen LogP contribution in [0.5, 0.6) is 0 Å². The van der Waals surface area contributed by atoms with Crippen molar-refractivity contribution in [1.82, 2.24) is 10.2 Å². The van der Waals surface area contributed by atoms with Crippen molar-refractivity contribution in [3.63, 3.8) is 0 Å². The van der Waals surface area contributed by atoms with E-state index in [-0.39, 0.29) is 28.2 Å². The zero-order valence-electron chi connectivity index (χ0n) is 10.1. The molecule has 3 N–H and O–H groups in total. The average Bonchev–Trinajstić information content (AvgIpc) is 2.75. The summed E-state index contributed by atoms with van der Waals surface area (Å²) in [6.07, 6.45) is 0. The monoisotopic (exact) mass is 303 g/mol. The van der Waals surface area contributed by atoms with Crippen molar-refractivity contribution >= 4 is 33.2 Å². The summed E-state index contributed by atoms with van der Waals surface area (Å²) in [6.45, 7) is 1.19. The summed E-state index contributed by atoms with van der Waals surface area (Å²) in [5.74, 6) is -0.177. The predicted octanol–water partition coefficient (Wildman–Crippen LogP) is 0.721. The van der Waals surface area contributed by atoms with Gasteiger partial charge in [0.1, 0.15) is 0 Å². The number of nitrogens with two attached hydrogens (primary N) is 1. The molecular formula is C11H14ClN3O3S. The number of hydrogen-bond donors (Lipinski definition) is 2. The van der Waals surface area contributed by atoms with E-state index in [9.17, 15) is 13.2 Å². The third-order valence-corrected chi connectivity index (χ3v) is 5.03. The van der Waals surface area contributed by atoms with Gasteiger partial charge < -0.3 is 16.0 Å². The molecule has 6 nitrogen and oxygen atoms in total. The number of hydrogen-bond acceptors (Lipinski definition) is 4.